The van der Waals surface area contributed by atoms with Crippen LogP contribution in [0.3, 0.4) is 0 Å². The summed E-state index contributed by atoms with van der Waals surface area (Å²) in [6.45, 7) is 0. The van der Waals surface area contributed by atoms with Crippen molar-refractivity contribution in [1.29, 1.82) is 0 Å². The molecule has 3 aromatic heterocycles. The van der Waals surface area contributed by atoms with Crippen LogP contribution in [0.4, 0.5) is 5.13 Å². The SMILES string of the molecule is O=C(Nc1nc2c(Cl)cc(Cl)cc2s1)c1cc(-c2cccs2)nc2ccccc12. The number of thiophene rings is 1. The zero-order valence-electron chi connectivity index (χ0n) is 14.6. The Morgan fingerprint density at radius 1 is 1.00 bits per heavy atom. The summed E-state index contributed by atoms with van der Waals surface area (Å²) in [7, 11) is 0. The average molecular weight is 456 g/mol. The molecule has 0 bridgehead atoms. The second-order valence-corrected chi connectivity index (χ2v) is 9.08. The van der Waals surface area contributed by atoms with E-state index < -0.39 is 0 Å². The van der Waals surface area contributed by atoms with Crippen LogP contribution in [-0.2, 0) is 0 Å². The van der Waals surface area contributed by atoms with Gasteiger partial charge in [0.2, 0.25) is 0 Å². The maximum atomic E-state index is 13.2. The third-order valence-electron chi connectivity index (χ3n) is 4.37. The quantitative estimate of drug-likeness (QED) is 0.314. The number of halogens is 2. The van der Waals surface area contributed by atoms with Gasteiger partial charge in [0.15, 0.2) is 5.13 Å². The normalized spacial score (nSPS) is 11.2. The van der Waals surface area contributed by atoms with Crippen molar-refractivity contribution >= 4 is 78.0 Å². The summed E-state index contributed by atoms with van der Waals surface area (Å²) < 4.78 is 0.816. The molecule has 8 heteroatoms. The van der Waals surface area contributed by atoms with Crippen LogP contribution in [0.5, 0.6) is 0 Å². The molecule has 0 spiro atoms. The fourth-order valence-corrected chi connectivity index (χ4v) is 5.36. The lowest BCUT2D eigenvalue weighted by Gasteiger charge is -2.08. The number of hydrogen-bond donors (Lipinski definition) is 1. The van der Waals surface area contributed by atoms with E-state index in [0.717, 1.165) is 26.2 Å². The largest absolute Gasteiger partial charge is 0.298 e. The number of nitrogens with one attached hydrogen (secondary N) is 1. The zero-order chi connectivity index (χ0) is 20.0. The maximum Gasteiger partial charge on any atom is 0.258 e. The maximum absolute atomic E-state index is 13.2. The highest BCUT2D eigenvalue weighted by molar-refractivity contribution is 7.22. The number of carbonyl (C=O) groups excluding carboxylic acids is 1. The number of para-hydroxylation sites is 1. The van der Waals surface area contributed by atoms with Crippen molar-refractivity contribution in [2.45, 2.75) is 0 Å². The van der Waals surface area contributed by atoms with Crippen LogP contribution in [0.25, 0.3) is 31.7 Å². The Labute approximate surface area is 183 Å². The number of rotatable bonds is 3. The van der Waals surface area contributed by atoms with Crippen molar-refractivity contribution in [2.75, 3.05) is 5.32 Å². The molecule has 0 radical (unpaired) electrons. The van der Waals surface area contributed by atoms with Gasteiger partial charge in [0.25, 0.3) is 5.91 Å². The van der Waals surface area contributed by atoms with E-state index in [2.05, 4.69) is 10.3 Å². The monoisotopic (exact) mass is 455 g/mol. The van der Waals surface area contributed by atoms with Gasteiger partial charge >= 0.3 is 0 Å². The molecule has 0 fully saturated rings. The summed E-state index contributed by atoms with van der Waals surface area (Å²) in [5.41, 5.74) is 2.70. The number of amides is 1. The molecule has 0 unspecified atom stereocenters. The Bertz CT molecular complexity index is 1380. The Kier molecular flexibility index (Phi) is 4.72. The first-order chi connectivity index (χ1) is 14.1. The van der Waals surface area contributed by atoms with Crippen molar-refractivity contribution in [2.24, 2.45) is 0 Å². The lowest BCUT2D eigenvalue weighted by Crippen LogP contribution is -2.12. The molecule has 0 aliphatic rings. The minimum absolute atomic E-state index is 0.248. The predicted molar refractivity (Wildman–Crippen MR) is 123 cm³/mol. The van der Waals surface area contributed by atoms with Gasteiger partial charge in [-0.2, -0.15) is 0 Å². The van der Waals surface area contributed by atoms with E-state index in [1.807, 2.05) is 47.8 Å². The van der Waals surface area contributed by atoms with Crippen LogP contribution in [0.1, 0.15) is 10.4 Å². The minimum atomic E-state index is -0.248. The molecule has 1 N–H and O–H groups in total. The van der Waals surface area contributed by atoms with Crippen LogP contribution in [0, 0.1) is 0 Å². The number of benzene rings is 2. The molecule has 142 valence electrons. The number of hydrogen-bond acceptors (Lipinski definition) is 5. The molecule has 0 aliphatic heterocycles. The molecule has 1 amide bonds. The van der Waals surface area contributed by atoms with Crippen LogP contribution < -0.4 is 5.32 Å². The topological polar surface area (TPSA) is 54.9 Å². The van der Waals surface area contributed by atoms with Gasteiger partial charge in [-0.3, -0.25) is 10.1 Å². The van der Waals surface area contributed by atoms with E-state index in [9.17, 15) is 4.79 Å². The molecule has 5 rings (SSSR count). The Hall–Kier alpha value is -2.51. The number of pyridine rings is 1. The van der Waals surface area contributed by atoms with Crippen molar-refractivity contribution in [1.82, 2.24) is 9.97 Å². The third-order valence-corrected chi connectivity index (χ3v) is 6.68. The summed E-state index contributed by atoms with van der Waals surface area (Å²) in [4.78, 5) is 23.3. The summed E-state index contributed by atoms with van der Waals surface area (Å²) >= 11 is 15.2. The van der Waals surface area contributed by atoms with Crippen molar-refractivity contribution in [3.63, 3.8) is 0 Å². The Balaban J connectivity index is 1.58. The number of fused-ring (bicyclic) bond motifs is 2. The van der Waals surface area contributed by atoms with Crippen molar-refractivity contribution in [3.8, 4) is 10.6 Å². The summed E-state index contributed by atoms with van der Waals surface area (Å²) in [6, 6.07) is 16.8. The number of aromatic nitrogens is 2. The summed E-state index contributed by atoms with van der Waals surface area (Å²) in [5.74, 6) is -0.248. The summed E-state index contributed by atoms with van der Waals surface area (Å²) in [5, 5.41) is 7.13. The van der Waals surface area contributed by atoms with Gasteiger partial charge in [-0.15, -0.1) is 11.3 Å². The smallest absolute Gasteiger partial charge is 0.258 e. The Morgan fingerprint density at radius 3 is 2.69 bits per heavy atom. The highest BCUT2D eigenvalue weighted by Gasteiger charge is 2.17. The van der Waals surface area contributed by atoms with E-state index in [1.165, 1.54) is 11.3 Å². The molecule has 29 heavy (non-hydrogen) atoms. The van der Waals surface area contributed by atoms with Crippen LogP contribution in [-0.4, -0.2) is 15.9 Å². The first-order valence-corrected chi connectivity index (χ1v) is 11.0. The minimum Gasteiger partial charge on any atom is -0.298 e. The van der Waals surface area contributed by atoms with Gasteiger partial charge in [-0.1, -0.05) is 58.8 Å². The lowest BCUT2D eigenvalue weighted by atomic mass is 10.1. The molecular formula is C21H11Cl2N3OS2. The van der Waals surface area contributed by atoms with Gasteiger partial charge in [-0.25, -0.2) is 9.97 Å². The molecule has 0 aliphatic carbocycles. The number of nitrogens with zero attached hydrogens (tertiary/aromatic N) is 2. The molecule has 0 saturated heterocycles. The molecular weight excluding hydrogens is 445 g/mol. The second-order valence-electron chi connectivity index (χ2n) is 6.26. The van der Waals surface area contributed by atoms with E-state index in [4.69, 9.17) is 28.2 Å². The fraction of sp³-hybridized carbons (Fsp3) is 0. The molecule has 0 atom stereocenters. The van der Waals surface area contributed by atoms with Gasteiger partial charge < -0.3 is 0 Å². The standard InChI is InChI=1S/C21H11Cl2N3OS2/c22-11-8-14(23)19-18(9-11)29-21(25-19)26-20(27)13-10-16(17-6-3-7-28-17)24-15-5-2-1-4-12(13)15/h1-10H,(H,25,26,27). The molecule has 4 nitrogen and oxygen atoms in total. The first-order valence-electron chi connectivity index (χ1n) is 8.59. The van der Waals surface area contributed by atoms with E-state index in [1.54, 1.807) is 23.5 Å². The van der Waals surface area contributed by atoms with Gasteiger partial charge in [0, 0.05) is 10.4 Å². The molecule has 0 saturated carbocycles. The number of thiazole rings is 1. The highest BCUT2D eigenvalue weighted by atomic mass is 35.5. The third kappa shape index (κ3) is 3.49. The number of anilines is 1. The van der Waals surface area contributed by atoms with Crippen LogP contribution in [0.15, 0.2) is 60.0 Å². The predicted octanol–water partition coefficient (Wildman–Crippen LogP) is 7.13. The van der Waals surface area contributed by atoms with E-state index in [-0.39, 0.29) is 5.91 Å². The Morgan fingerprint density at radius 2 is 1.86 bits per heavy atom. The van der Waals surface area contributed by atoms with Gasteiger partial charge in [0.05, 0.1) is 31.4 Å². The van der Waals surface area contributed by atoms with Crippen LogP contribution in [0.2, 0.25) is 10.0 Å². The van der Waals surface area contributed by atoms with Crippen LogP contribution >= 0.6 is 45.9 Å². The van der Waals surface area contributed by atoms with E-state index in [0.29, 0.717) is 26.3 Å². The fourth-order valence-electron chi connectivity index (χ4n) is 3.09. The van der Waals surface area contributed by atoms with Crippen molar-refractivity contribution in [3.05, 3.63) is 75.6 Å². The van der Waals surface area contributed by atoms with Crippen molar-refractivity contribution < 1.29 is 4.79 Å². The van der Waals surface area contributed by atoms with E-state index >= 15 is 0 Å². The average Bonchev–Trinajstić information content (AvgIpc) is 3.37. The molecule has 2 aromatic carbocycles. The summed E-state index contributed by atoms with van der Waals surface area (Å²) in [6.07, 6.45) is 0. The van der Waals surface area contributed by atoms with Gasteiger partial charge in [0.1, 0.15) is 5.52 Å². The lowest BCUT2D eigenvalue weighted by molar-refractivity contribution is 0.102. The second kappa shape index (κ2) is 7.39. The molecule has 3 heterocycles. The van der Waals surface area contributed by atoms with Gasteiger partial charge in [-0.05, 0) is 35.7 Å². The number of carbonyl (C=O) groups is 1. The molecule has 5 aromatic rings. The highest BCUT2D eigenvalue weighted by Crippen LogP contribution is 2.34. The zero-order valence-corrected chi connectivity index (χ0v) is 17.8. The first kappa shape index (κ1) is 18.5.